The van der Waals surface area contributed by atoms with Gasteiger partial charge in [-0.2, -0.15) is 0 Å². The number of piperidine rings is 1. The molecule has 2 aliphatic heterocycles. The number of rotatable bonds is 7. The SMILES string of the molecule is COCCC(=O)N1CCC(Oc2ccc(C(=O)N[C@H]3CCNC3)cc2)CC1. The van der Waals surface area contributed by atoms with E-state index in [1.54, 1.807) is 19.2 Å². The molecule has 0 unspecified atom stereocenters. The first-order chi connectivity index (χ1) is 13.2. The van der Waals surface area contributed by atoms with E-state index in [2.05, 4.69) is 10.6 Å². The second-order valence-corrected chi connectivity index (χ2v) is 7.13. The molecule has 7 heteroatoms. The lowest BCUT2D eigenvalue weighted by Gasteiger charge is -2.32. The van der Waals surface area contributed by atoms with Crippen LogP contribution in [0.3, 0.4) is 0 Å². The van der Waals surface area contributed by atoms with Crippen molar-refractivity contribution in [3.8, 4) is 5.75 Å². The molecule has 1 aromatic rings. The third kappa shape index (κ3) is 5.68. The number of carbonyl (C=O) groups excluding carboxylic acids is 2. The summed E-state index contributed by atoms with van der Waals surface area (Å²) in [6.07, 6.45) is 3.13. The fourth-order valence-electron chi connectivity index (χ4n) is 3.49. The van der Waals surface area contributed by atoms with E-state index in [0.717, 1.165) is 38.1 Å². The molecule has 2 heterocycles. The summed E-state index contributed by atoms with van der Waals surface area (Å²) in [5, 5.41) is 6.28. The van der Waals surface area contributed by atoms with Crippen molar-refractivity contribution < 1.29 is 19.1 Å². The third-order valence-corrected chi connectivity index (χ3v) is 5.13. The minimum absolute atomic E-state index is 0.0434. The van der Waals surface area contributed by atoms with Gasteiger partial charge in [0.15, 0.2) is 0 Å². The first-order valence-corrected chi connectivity index (χ1v) is 9.70. The van der Waals surface area contributed by atoms with Crippen LogP contribution in [-0.4, -0.2) is 68.8 Å². The molecule has 0 spiro atoms. The highest BCUT2D eigenvalue weighted by atomic mass is 16.5. The number of likely N-dealkylation sites (tertiary alicyclic amines) is 1. The maximum absolute atomic E-state index is 12.3. The van der Waals surface area contributed by atoms with Crippen LogP contribution in [-0.2, 0) is 9.53 Å². The van der Waals surface area contributed by atoms with Gasteiger partial charge in [-0.1, -0.05) is 0 Å². The van der Waals surface area contributed by atoms with Gasteiger partial charge in [0.2, 0.25) is 5.91 Å². The lowest BCUT2D eigenvalue weighted by Crippen LogP contribution is -2.42. The van der Waals surface area contributed by atoms with Crippen molar-refractivity contribution in [3.63, 3.8) is 0 Å². The summed E-state index contributed by atoms with van der Waals surface area (Å²) in [7, 11) is 1.61. The van der Waals surface area contributed by atoms with Crippen LogP contribution in [0.5, 0.6) is 5.75 Å². The highest BCUT2D eigenvalue weighted by molar-refractivity contribution is 5.94. The first-order valence-electron chi connectivity index (χ1n) is 9.70. The fraction of sp³-hybridized carbons (Fsp3) is 0.600. The number of hydrogen-bond donors (Lipinski definition) is 2. The van der Waals surface area contributed by atoms with Crippen molar-refractivity contribution in [2.45, 2.75) is 37.8 Å². The minimum Gasteiger partial charge on any atom is -0.490 e. The van der Waals surface area contributed by atoms with Gasteiger partial charge < -0.3 is 25.0 Å². The van der Waals surface area contributed by atoms with Gasteiger partial charge in [-0.05, 0) is 37.2 Å². The Bertz CT molecular complexity index is 621. The van der Waals surface area contributed by atoms with E-state index in [-0.39, 0.29) is 24.0 Å². The number of hydrogen-bond acceptors (Lipinski definition) is 5. The van der Waals surface area contributed by atoms with E-state index in [4.69, 9.17) is 9.47 Å². The first kappa shape index (κ1) is 19.6. The van der Waals surface area contributed by atoms with Gasteiger partial charge in [-0.25, -0.2) is 0 Å². The Morgan fingerprint density at radius 1 is 1.19 bits per heavy atom. The standard InChI is InChI=1S/C20H29N3O4/c1-26-13-9-19(24)23-11-7-18(8-12-23)27-17-4-2-15(3-5-17)20(25)22-16-6-10-21-14-16/h2-5,16,18,21H,6-14H2,1H3,(H,22,25)/t16-/m0/s1. The van der Waals surface area contributed by atoms with E-state index < -0.39 is 0 Å². The Morgan fingerprint density at radius 2 is 1.93 bits per heavy atom. The van der Waals surface area contributed by atoms with Crippen LogP contribution in [0.15, 0.2) is 24.3 Å². The van der Waals surface area contributed by atoms with Gasteiger partial charge in [0, 0.05) is 51.2 Å². The molecule has 27 heavy (non-hydrogen) atoms. The van der Waals surface area contributed by atoms with Gasteiger partial charge in [0.05, 0.1) is 13.0 Å². The van der Waals surface area contributed by atoms with Gasteiger partial charge in [0.1, 0.15) is 11.9 Å². The predicted molar refractivity (Wildman–Crippen MR) is 102 cm³/mol. The molecule has 1 atom stereocenters. The van der Waals surface area contributed by atoms with Gasteiger partial charge in [-0.3, -0.25) is 9.59 Å². The molecule has 2 fully saturated rings. The van der Waals surface area contributed by atoms with Crippen LogP contribution in [0.2, 0.25) is 0 Å². The van der Waals surface area contributed by atoms with E-state index >= 15 is 0 Å². The fourth-order valence-corrected chi connectivity index (χ4v) is 3.49. The highest BCUT2D eigenvalue weighted by Gasteiger charge is 2.24. The second kappa shape index (κ2) is 9.71. The Hall–Kier alpha value is -2.12. The minimum atomic E-state index is -0.0434. The predicted octanol–water partition coefficient (Wildman–Crippen LogP) is 1.18. The number of nitrogens with zero attached hydrogens (tertiary/aromatic N) is 1. The molecule has 0 bridgehead atoms. The van der Waals surface area contributed by atoms with Crippen molar-refractivity contribution >= 4 is 11.8 Å². The Kier molecular flexibility index (Phi) is 7.06. The Labute approximate surface area is 160 Å². The summed E-state index contributed by atoms with van der Waals surface area (Å²) in [4.78, 5) is 26.1. The molecule has 0 aliphatic carbocycles. The smallest absolute Gasteiger partial charge is 0.251 e. The zero-order valence-electron chi connectivity index (χ0n) is 15.9. The maximum Gasteiger partial charge on any atom is 0.251 e. The van der Waals surface area contributed by atoms with Crippen LogP contribution in [0.25, 0.3) is 0 Å². The summed E-state index contributed by atoms with van der Waals surface area (Å²) >= 11 is 0. The largest absolute Gasteiger partial charge is 0.490 e. The van der Waals surface area contributed by atoms with Crippen molar-refractivity contribution in [3.05, 3.63) is 29.8 Å². The summed E-state index contributed by atoms with van der Waals surface area (Å²) in [5.74, 6) is 0.861. The number of carbonyl (C=O) groups is 2. The van der Waals surface area contributed by atoms with E-state index in [0.29, 0.717) is 31.7 Å². The van der Waals surface area contributed by atoms with Crippen LogP contribution in [0, 0.1) is 0 Å². The van der Waals surface area contributed by atoms with Crippen LogP contribution in [0.4, 0.5) is 0 Å². The lowest BCUT2D eigenvalue weighted by molar-refractivity contribution is -0.133. The highest BCUT2D eigenvalue weighted by Crippen LogP contribution is 2.20. The van der Waals surface area contributed by atoms with Crippen LogP contribution < -0.4 is 15.4 Å². The number of benzene rings is 1. The monoisotopic (exact) mass is 375 g/mol. The number of amides is 2. The average Bonchev–Trinajstić information content (AvgIpc) is 3.20. The number of ether oxygens (including phenoxy) is 2. The number of nitrogens with one attached hydrogen (secondary N) is 2. The maximum atomic E-state index is 12.3. The van der Waals surface area contributed by atoms with E-state index in [1.165, 1.54) is 0 Å². The molecule has 0 aromatic heterocycles. The molecule has 3 rings (SSSR count). The van der Waals surface area contributed by atoms with Gasteiger partial charge >= 0.3 is 0 Å². The van der Waals surface area contributed by atoms with Crippen LogP contribution >= 0.6 is 0 Å². The summed E-state index contributed by atoms with van der Waals surface area (Å²) in [5.41, 5.74) is 0.646. The van der Waals surface area contributed by atoms with Crippen molar-refractivity contribution in [2.75, 3.05) is 39.9 Å². The van der Waals surface area contributed by atoms with Crippen molar-refractivity contribution in [2.24, 2.45) is 0 Å². The van der Waals surface area contributed by atoms with Crippen LogP contribution in [0.1, 0.15) is 36.0 Å². The zero-order chi connectivity index (χ0) is 19.1. The molecule has 2 N–H and O–H groups in total. The topological polar surface area (TPSA) is 79.9 Å². The molecule has 148 valence electrons. The third-order valence-electron chi connectivity index (χ3n) is 5.13. The normalized spacial score (nSPS) is 20.5. The van der Waals surface area contributed by atoms with Crippen molar-refractivity contribution in [1.82, 2.24) is 15.5 Å². The molecule has 0 radical (unpaired) electrons. The summed E-state index contributed by atoms with van der Waals surface area (Å²) in [6.45, 7) is 3.67. The summed E-state index contributed by atoms with van der Waals surface area (Å²) < 4.78 is 11.0. The Balaban J connectivity index is 1.43. The quantitative estimate of drug-likeness (QED) is 0.748. The molecule has 2 amide bonds. The molecule has 1 aromatic carbocycles. The number of methoxy groups -OCH3 is 1. The van der Waals surface area contributed by atoms with Crippen molar-refractivity contribution in [1.29, 1.82) is 0 Å². The van der Waals surface area contributed by atoms with Gasteiger partial charge in [0.25, 0.3) is 5.91 Å². The second-order valence-electron chi connectivity index (χ2n) is 7.13. The van der Waals surface area contributed by atoms with E-state index in [9.17, 15) is 9.59 Å². The molecule has 2 aliphatic rings. The Morgan fingerprint density at radius 3 is 2.56 bits per heavy atom. The molecular formula is C20H29N3O4. The van der Waals surface area contributed by atoms with Gasteiger partial charge in [-0.15, -0.1) is 0 Å². The average molecular weight is 375 g/mol. The molecule has 0 saturated carbocycles. The summed E-state index contributed by atoms with van der Waals surface area (Å²) in [6, 6.07) is 7.51. The molecular weight excluding hydrogens is 346 g/mol. The van der Waals surface area contributed by atoms with E-state index in [1.807, 2.05) is 17.0 Å². The zero-order valence-corrected chi connectivity index (χ0v) is 15.9. The molecule has 2 saturated heterocycles. The lowest BCUT2D eigenvalue weighted by atomic mass is 10.1. The molecule has 7 nitrogen and oxygen atoms in total.